The highest BCUT2D eigenvalue weighted by molar-refractivity contribution is 5.97. The van der Waals surface area contributed by atoms with Crippen molar-refractivity contribution in [2.24, 2.45) is 0 Å². The third-order valence-corrected chi connectivity index (χ3v) is 3.75. The Morgan fingerprint density at radius 2 is 2.21 bits per heavy atom. The normalized spacial score (nSPS) is 13.3. The van der Waals surface area contributed by atoms with E-state index < -0.39 is 5.97 Å². The first-order chi connectivity index (χ1) is 9.24. The maximum Gasteiger partial charge on any atom is 0.335 e. The number of rotatable bonds is 1. The Hall–Kier alpha value is -2.56. The average molecular weight is 253 g/mol. The van der Waals surface area contributed by atoms with E-state index in [1.54, 1.807) is 12.1 Å². The fourth-order valence-corrected chi connectivity index (χ4v) is 2.83. The molecule has 0 fully saturated rings. The summed E-state index contributed by atoms with van der Waals surface area (Å²) in [6.07, 6.45) is 3.84. The Bertz CT molecular complexity index is 813. The Kier molecular flexibility index (Phi) is 1.90. The predicted octanol–water partition coefficient (Wildman–Crippen LogP) is 2.35. The molecule has 19 heavy (non-hydrogen) atoms. The maximum atomic E-state index is 11.0. The summed E-state index contributed by atoms with van der Waals surface area (Å²) in [4.78, 5) is 14.3. The van der Waals surface area contributed by atoms with Crippen molar-refractivity contribution in [3.8, 4) is 11.4 Å². The highest BCUT2D eigenvalue weighted by Gasteiger charge is 2.22. The van der Waals surface area contributed by atoms with Gasteiger partial charge in [-0.3, -0.25) is 5.10 Å². The van der Waals surface area contributed by atoms with Crippen LogP contribution < -0.4 is 0 Å². The third kappa shape index (κ3) is 1.35. The van der Waals surface area contributed by atoms with E-state index in [4.69, 9.17) is 5.11 Å². The summed E-state index contributed by atoms with van der Waals surface area (Å²) in [6.45, 7) is 0. The molecule has 0 saturated carbocycles. The average Bonchev–Trinajstić information content (AvgIpc) is 3.01. The van der Waals surface area contributed by atoms with Crippen LogP contribution in [-0.2, 0) is 12.8 Å². The van der Waals surface area contributed by atoms with E-state index in [1.165, 1.54) is 11.1 Å². The van der Waals surface area contributed by atoms with Crippen molar-refractivity contribution in [1.82, 2.24) is 15.2 Å². The lowest BCUT2D eigenvalue weighted by molar-refractivity contribution is 0.0697. The van der Waals surface area contributed by atoms with Gasteiger partial charge in [-0.05, 0) is 36.1 Å². The lowest BCUT2D eigenvalue weighted by atomic mass is 9.94. The van der Waals surface area contributed by atoms with Crippen molar-refractivity contribution in [1.29, 1.82) is 0 Å². The van der Waals surface area contributed by atoms with Crippen molar-refractivity contribution in [3.63, 3.8) is 0 Å². The van der Waals surface area contributed by atoms with Crippen molar-refractivity contribution in [3.05, 3.63) is 41.1 Å². The molecule has 1 aliphatic carbocycles. The molecule has 1 aromatic carbocycles. The lowest BCUT2D eigenvalue weighted by Crippen LogP contribution is -2.00. The van der Waals surface area contributed by atoms with Crippen LogP contribution in [0.1, 0.15) is 21.5 Å². The molecule has 4 rings (SSSR count). The molecule has 0 spiro atoms. The first-order valence-corrected chi connectivity index (χ1v) is 6.15. The van der Waals surface area contributed by atoms with Crippen LogP contribution >= 0.6 is 0 Å². The zero-order chi connectivity index (χ0) is 13.0. The van der Waals surface area contributed by atoms with Crippen LogP contribution in [-0.4, -0.2) is 26.3 Å². The van der Waals surface area contributed by atoms with Gasteiger partial charge in [-0.2, -0.15) is 5.10 Å². The maximum absolute atomic E-state index is 11.0. The van der Waals surface area contributed by atoms with Gasteiger partial charge < -0.3 is 10.1 Å². The molecule has 0 saturated heterocycles. The summed E-state index contributed by atoms with van der Waals surface area (Å²) < 4.78 is 0. The van der Waals surface area contributed by atoms with Crippen molar-refractivity contribution >= 4 is 16.9 Å². The standard InChI is InChI=1S/C14H11N3O2/c18-14(19)7-1-3-9-10-4-2-8-6-15-17-12(8)13(10)16-11(9)5-7/h1,3,5-6,16H,2,4H2,(H,15,17)(H,18,19). The molecule has 3 N–H and O–H groups in total. The summed E-state index contributed by atoms with van der Waals surface area (Å²) in [5.74, 6) is -0.907. The monoisotopic (exact) mass is 253 g/mol. The second kappa shape index (κ2) is 3.47. The van der Waals surface area contributed by atoms with Crippen LogP contribution in [0.4, 0.5) is 0 Å². The van der Waals surface area contributed by atoms with Crippen molar-refractivity contribution in [2.45, 2.75) is 12.8 Å². The van der Waals surface area contributed by atoms with Gasteiger partial charge in [-0.25, -0.2) is 4.79 Å². The van der Waals surface area contributed by atoms with Gasteiger partial charge in [0.25, 0.3) is 0 Å². The number of carboxylic acid groups (broad SMARTS) is 1. The van der Waals surface area contributed by atoms with E-state index in [0.29, 0.717) is 5.56 Å². The van der Waals surface area contributed by atoms with Gasteiger partial charge in [-0.15, -0.1) is 0 Å². The van der Waals surface area contributed by atoms with E-state index in [2.05, 4.69) is 15.2 Å². The number of hydrogen-bond donors (Lipinski definition) is 3. The SMILES string of the molecule is O=C(O)c1ccc2c3c([nH]c2c1)-c1n[nH]cc1CC3. The summed E-state index contributed by atoms with van der Waals surface area (Å²) in [6, 6.07) is 5.22. The van der Waals surface area contributed by atoms with Gasteiger partial charge in [0.2, 0.25) is 0 Å². The molecule has 0 radical (unpaired) electrons. The Labute approximate surface area is 108 Å². The highest BCUT2D eigenvalue weighted by atomic mass is 16.4. The number of aryl methyl sites for hydroxylation is 2. The van der Waals surface area contributed by atoms with E-state index in [1.807, 2.05) is 12.3 Å². The van der Waals surface area contributed by atoms with Crippen molar-refractivity contribution < 1.29 is 9.90 Å². The molecule has 0 amide bonds. The molecule has 94 valence electrons. The molecule has 0 aliphatic heterocycles. The molecular formula is C14H11N3O2. The highest BCUT2D eigenvalue weighted by Crippen LogP contribution is 2.36. The zero-order valence-electron chi connectivity index (χ0n) is 10.0. The minimum atomic E-state index is -0.907. The van der Waals surface area contributed by atoms with E-state index in [9.17, 15) is 4.79 Å². The summed E-state index contributed by atoms with van der Waals surface area (Å²) in [7, 11) is 0. The smallest absolute Gasteiger partial charge is 0.335 e. The number of hydrogen-bond acceptors (Lipinski definition) is 2. The van der Waals surface area contributed by atoms with Gasteiger partial charge in [0.1, 0.15) is 5.69 Å². The van der Waals surface area contributed by atoms with Crippen LogP contribution in [0.3, 0.4) is 0 Å². The summed E-state index contributed by atoms with van der Waals surface area (Å²) in [5, 5.41) is 17.3. The molecule has 1 aliphatic rings. The number of nitrogens with one attached hydrogen (secondary N) is 2. The summed E-state index contributed by atoms with van der Waals surface area (Å²) >= 11 is 0. The topological polar surface area (TPSA) is 81.8 Å². The Morgan fingerprint density at radius 3 is 3.05 bits per heavy atom. The molecule has 5 heteroatoms. The molecule has 0 unspecified atom stereocenters. The van der Waals surface area contributed by atoms with E-state index >= 15 is 0 Å². The minimum absolute atomic E-state index is 0.299. The van der Waals surface area contributed by atoms with Crippen LogP contribution in [0.5, 0.6) is 0 Å². The number of aromatic carboxylic acids is 1. The lowest BCUT2D eigenvalue weighted by Gasteiger charge is -2.10. The van der Waals surface area contributed by atoms with Gasteiger partial charge in [-0.1, -0.05) is 6.07 Å². The van der Waals surface area contributed by atoms with E-state index in [-0.39, 0.29) is 0 Å². The van der Waals surface area contributed by atoms with Gasteiger partial charge in [0.15, 0.2) is 0 Å². The molecule has 0 atom stereocenters. The molecule has 2 aromatic heterocycles. The fourth-order valence-electron chi connectivity index (χ4n) is 2.83. The second-order valence-corrected chi connectivity index (χ2v) is 4.80. The molecule has 2 heterocycles. The first-order valence-electron chi connectivity index (χ1n) is 6.15. The minimum Gasteiger partial charge on any atom is -0.478 e. The molecule has 3 aromatic rings. The van der Waals surface area contributed by atoms with Gasteiger partial charge in [0, 0.05) is 17.1 Å². The predicted molar refractivity (Wildman–Crippen MR) is 70.2 cm³/mol. The van der Waals surface area contributed by atoms with Crippen LogP contribution in [0.15, 0.2) is 24.4 Å². The molecule has 0 bridgehead atoms. The van der Waals surface area contributed by atoms with Gasteiger partial charge >= 0.3 is 5.97 Å². The number of fused-ring (bicyclic) bond motifs is 5. The fraction of sp³-hybridized carbons (Fsp3) is 0.143. The number of nitrogens with zero attached hydrogens (tertiary/aromatic N) is 1. The number of aromatic nitrogens is 3. The van der Waals surface area contributed by atoms with Gasteiger partial charge in [0.05, 0.1) is 11.3 Å². The number of carbonyl (C=O) groups is 1. The Balaban J connectivity index is 2.01. The van der Waals surface area contributed by atoms with E-state index in [0.717, 1.165) is 35.1 Å². The first kappa shape index (κ1) is 10.4. The quantitative estimate of drug-likeness (QED) is 0.622. The number of H-pyrrole nitrogens is 2. The molecule has 5 nitrogen and oxygen atoms in total. The molecular weight excluding hydrogens is 242 g/mol. The third-order valence-electron chi connectivity index (χ3n) is 3.75. The number of benzene rings is 1. The summed E-state index contributed by atoms with van der Waals surface area (Å²) in [5.41, 5.74) is 5.56. The Morgan fingerprint density at radius 1 is 1.32 bits per heavy atom. The van der Waals surface area contributed by atoms with Crippen LogP contribution in [0.2, 0.25) is 0 Å². The van der Waals surface area contributed by atoms with Crippen molar-refractivity contribution in [2.75, 3.05) is 0 Å². The second-order valence-electron chi connectivity index (χ2n) is 4.80. The number of carboxylic acids is 1. The number of aromatic amines is 2. The largest absolute Gasteiger partial charge is 0.478 e. The zero-order valence-corrected chi connectivity index (χ0v) is 10.0. The van der Waals surface area contributed by atoms with Crippen LogP contribution in [0, 0.1) is 0 Å². The van der Waals surface area contributed by atoms with Crippen LogP contribution in [0.25, 0.3) is 22.3 Å².